The molecule has 210 valence electrons. The highest BCUT2D eigenvalue weighted by Crippen LogP contribution is 2.32. The highest BCUT2D eigenvalue weighted by Gasteiger charge is 2.32. The summed E-state index contributed by atoms with van der Waals surface area (Å²) in [4.78, 5) is 27.6. The van der Waals surface area contributed by atoms with Crippen LogP contribution in [-0.2, 0) is 32.3 Å². The number of amides is 2. The van der Waals surface area contributed by atoms with Crippen LogP contribution >= 0.6 is 0 Å². The van der Waals surface area contributed by atoms with Crippen LogP contribution in [0.3, 0.4) is 0 Å². The molecule has 11 heteroatoms. The Balaban J connectivity index is 2.22. The molecule has 2 aromatic rings. The molecule has 7 nitrogen and oxygen atoms in total. The Hall–Kier alpha value is -3.08. The second kappa shape index (κ2) is 13.1. The highest BCUT2D eigenvalue weighted by atomic mass is 32.2. The average molecular weight is 556 g/mol. The standard InChI is InChI=1S/C27H36F3N3O4S/c1-19(2)17-31-26(35)21(4)32(18-22-11-7-6-10-20(22)3)25(34)14-9-15-33(38(5,36)37)24-13-8-12-23(16-24)27(28,29)30/h6-8,10-13,16,19,21H,9,14-15,17-18H2,1-5H3,(H,31,35). The molecule has 0 bridgehead atoms. The number of nitrogens with zero attached hydrogens (tertiary/aromatic N) is 2. The van der Waals surface area contributed by atoms with Crippen LogP contribution in [0.1, 0.15) is 50.3 Å². The third-order valence-electron chi connectivity index (χ3n) is 6.07. The van der Waals surface area contributed by atoms with E-state index in [0.717, 1.165) is 39.9 Å². The summed E-state index contributed by atoms with van der Waals surface area (Å²) >= 11 is 0. The molecule has 1 N–H and O–H groups in total. The van der Waals surface area contributed by atoms with Crippen molar-refractivity contribution in [1.29, 1.82) is 0 Å². The van der Waals surface area contributed by atoms with Crippen LogP contribution < -0.4 is 9.62 Å². The maximum absolute atomic E-state index is 13.3. The van der Waals surface area contributed by atoms with Gasteiger partial charge in [0.2, 0.25) is 21.8 Å². The van der Waals surface area contributed by atoms with Gasteiger partial charge in [0.05, 0.1) is 17.5 Å². The summed E-state index contributed by atoms with van der Waals surface area (Å²) < 4.78 is 65.2. The fourth-order valence-corrected chi connectivity index (χ4v) is 4.80. The molecule has 0 fully saturated rings. The third-order valence-corrected chi connectivity index (χ3v) is 7.26. The molecule has 0 saturated heterocycles. The monoisotopic (exact) mass is 555 g/mol. The topological polar surface area (TPSA) is 86.8 Å². The van der Waals surface area contributed by atoms with E-state index >= 15 is 0 Å². The molecule has 0 saturated carbocycles. The van der Waals surface area contributed by atoms with Crippen LogP contribution in [0.5, 0.6) is 0 Å². The largest absolute Gasteiger partial charge is 0.416 e. The predicted octanol–water partition coefficient (Wildman–Crippen LogP) is 4.75. The maximum Gasteiger partial charge on any atom is 0.416 e. The van der Waals surface area contributed by atoms with Gasteiger partial charge >= 0.3 is 6.18 Å². The van der Waals surface area contributed by atoms with Crippen molar-refractivity contribution in [2.45, 2.75) is 59.3 Å². The van der Waals surface area contributed by atoms with Gasteiger partial charge in [-0.25, -0.2) is 8.42 Å². The summed E-state index contributed by atoms with van der Waals surface area (Å²) in [5.74, 6) is -0.440. The second-order valence-corrected chi connectivity index (χ2v) is 11.7. The molecule has 0 aliphatic heterocycles. The maximum atomic E-state index is 13.3. The van der Waals surface area contributed by atoms with E-state index in [2.05, 4.69) is 5.32 Å². The number of halogens is 3. The molecule has 38 heavy (non-hydrogen) atoms. The lowest BCUT2D eigenvalue weighted by Gasteiger charge is -2.30. The van der Waals surface area contributed by atoms with E-state index in [1.54, 1.807) is 6.92 Å². The van der Waals surface area contributed by atoms with Crippen molar-refractivity contribution >= 4 is 27.5 Å². The molecule has 0 aliphatic carbocycles. The fraction of sp³-hybridized carbons (Fsp3) is 0.481. The number of sulfonamides is 1. The summed E-state index contributed by atoms with van der Waals surface area (Å²) in [5, 5.41) is 2.84. The predicted molar refractivity (Wildman–Crippen MR) is 142 cm³/mol. The first-order valence-corrected chi connectivity index (χ1v) is 14.2. The number of alkyl halides is 3. The van der Waals surface area contributed by atoms with Crippen LogP contribution in [0.15, 0.2) is 48.5 Å². The van der Waals surface area contributed by atoms with Crippen molar-refractivity contribution in [1.82, 2.24) is 10.2 Å². The number of rotatable bonds is 12. The van der Waals surface area contributed by atoms with Crippen LogP contribution in [0.25, 0.3) is 0 Å². The third kappa shape index (κ3) is 9.04. The first kappa shape index (κ1) is 31.1. The van der Waals surface area contributed by atoms with Gasteiger partial charge in [-0.3, -0.25) is 13.9 Å². The van der Waals surface area contributed by atoms with Gasteiger partial charge in [0, 0.05) is 26.1 Å². The van der Waals surface area contributed by atoms with Crippen molar-refractivity contribution in [2.75, 3.05) is 23.7 Å². The Bertz CT molecular complexity index is 1220. The van der Waals surface area contributed by atoms with Gasteiger partial charge in [0.25, 0.3) is 0 Å². The molecular weight excluding hydrogens is 519 g/mol. The van der Waals surface area contributed by atoms with Gasteiger partial charge in [-0.05, 0) is 55.5 Å². The van der Waals surface area contributed by atoms with Crippen LogP contribution in [0.4, 0.5) is 18.9 Å². The Morgan fingerprint density at radius 1 is 1.03 bits per heavy atom. The number of hydrogen-bond donors (Lipinski definition) is 1. The average Bonchev–Trinajstić information content (AvgIpc) is 2.82. The zero-order chi connectivity index (χ0) is 28.7. The SMILES string of the molecule is Cc1ccccc1CN(C(=O)CCCN(c1cccc(C(F)(F)F)c1)S(C)(=O)=O)C(C)C(=O)NCC(C)C. The van der Waals surface area contributed by atoms with E-state index in [1.807, 2.05) is 45.0 Å². The number of nitrogens with one attached hydrogen (secondary N) is 1. The summed E-state index contributed by atoms with van der Waals surface area (Å²) in [6.07, 6.45) is -3.77. The lowest BCUT2D eigenvalue weighted by molar-refractivity contribution is -0.140. The molecule has 2 rings (SSSR count). The number of carbonyl (C=O) groups excluding carboxylic acids is 2. The van der Waals surface area contributed by atoms with Crippen LogP contribution in [0.2, 0.25) is 0 Å². The minimum atomic E-state index is -4.63. The zero-order valence-electron chi connectivity index (χ0n) is 22.4. The van der Waals surface area contributed by atoms with Gasteiger partial charge < -0.3 is 10.2 Å². The minimum Gasteiger partial charge on any atom is -0.354 e. The molecule has 2 amide bonds. The molecule has 0 spiro atoms. The van der Waals surface area contributed by atoms with E-state index in [4.69, 9.17) is 0 Å². The molecule has 2 aromatic carbocycles. The van der Waals surface area contributed by atoms with Crippen molar-refractivity contribution in [2.24, 2.45) is 5.92 Å². The van der Waals surface area contributed by atoms with Crippen molar-refractivity contribution < 1.29 is 31.2 Å². The number of carbonyl (C=O) groups is 2. The van der Waals surface area contributed by atoms with Gasteiger partial charge in [-0.15, -0.1) is 0 Å². The molecule has 1 atom stereocenters. The van der Waals surface area contributed by atoms with Crippen LogP contribution in [0, 0.1) is 12.8 Å². The van der Waals surface area contributed by atoms with Crippen LogP contribution in [-0.4, -0.2) is 50.5 Å². The number of anilines is 1. The number of aryl methyl sites for hydroxylation is 1. The number of benzene rings is 2. The second-order valence-electron chi connectivity index (χ2n) is 9.75. The van der Waals surface area contributed by atoms with E-state index in [9.17, 15) is 31.2 Å². The summed E-state index contributed by atoms with van der Waals surface area (Å²) in [5.41, 5.74) is 0.720. The smallest absolute Gasteiger partial charge is 0.354 e. The summed E-state index contributed by atoms with van der Waals surface area (Å²) in [6, 6.07) is 10.8. The summed E-state index contributed by atoms with van der Waals surface area (Å²) in [6.45, 7) is 7.90. The Morgan fingerprint density at radius 3 is 2.26 bits per heavy atom. The quantitative estimate of drug-likeness (QED) is 0.410. The first-order chi connectivity index (χ1) is 17.6. The van der Waals surface area contributed by atoms with Gasteiger partial charge in [0.1, 0.15) is 6.04 Å². The van der Waals surface area contributed by atoms with E-state index in [1.165, 1.54) is 11.0 Å². The van der Waals surface area contributed by atoms with E-state index in [-0.39, 0.29) is 49.4 Å². The lowest BCUT2D eigenvalue weighted by atomic mass is 10.1. The van der Waals surface area contributed by atoms with Gasteiger partial charge in [0.15, 0.2) is 0 Å². The minimum absolute atomic E-state index is 0.0484. The van der Waals surface area contributed by atoms with E-state index < -0.39 is 27.8 Å². The van der Waals surface area contributed by atoms with Gasteiger partial charge in [-0.1, -0.05) is 44.2 Å². The first-order valence-electron chi connectivity index (χ1n) is 12.4. The molecular formula is C27H36F3N3O4S. The van der Waals surface area contributed by atoms with E-state index in [0.29, 0.717) is 6.54 Å². The van der Waals surface area contributed by atoms with Crippen molar-refractivity contribution in [3.05, 3.63) is 65.2 Å². The molecule has 0 aliphatic rings. The molecule has 0 heterocycles. The number of hydrogen-bond acceptors (Lipinski definition) is 4. The molecule has 0 radical (unpaired) electrons. The Labute approximate surface area is 223 Å². The zero-order valence-corrected chi connectivity index (χ0v) is 23.2. The Morgan fingerprint density at radius 2 is 1.68 bits per heavy atom. The summed E-state index contributed by atoms with van der Waals surface area (Å²) in [7, 11) is -3.92. The van der Waals surface area contributed by atoms with Crippen molar-refractivity contribution in [3.8, 4) is 0 Å². The lowest BCUT2D eigenvalue weighted by Crippen LogP contribution is -2.48. The fourth-order valence-electron chi connectivity index (χ4n) is 3.85. The molecule has 1 unspecified atom stereocenters. The molecule has 0 aromatic heterocycles. The Kier molecular flexibility index (Phi) is 10.8. The normalized spacial score (nSPS) is 12.8. The highest BCUT2D eigenvalue weighted by molar-refractivity contribution is 7.92. The van der Waals surface area contributed by atoms with Gasteiger partial charge in [-0.2, -0.15) is 13.2 Å². The van der Waals surface area contributed by atoms with Crippen molar-refractivity contribution in [3.63, 3.8) is 0 Å².